The molecule has 2 heterocycles. The van der Waals surface area contributed by atoms with E-state index in [0.717, 1.165) is 12.4 Å². The van der Waals surface area contributed by atoms with Crippen LogP contribution in [0.5, 0.6) is 0 Å². The summed E-state index contributed by atoms with van der Waals surface area (Å²) in [6.45, 7) is 6.71. The molecule has 1 aliphatic rings. The fourth-order valence-corrected chi connectivity index (χ4v) is 2.36. The van der Waals surface area contributed by atoms with Crippen LogP contribution in [0, 0.1) is 5.92 Å². The van der Waals surface area contributed by atoms with Crippen molar-refractivity contribution in [1.29, 1.82) is 0 Å². The van der Waals surface area contributed by atoms with Crippen molar-refractivity contribution in [1.82, 2.24) is 14.9 Å². The van der Waals surface area contributed by atoms with Gasteiger partial charge in [-0.3, -0.25) is 4.79 Å². The van der Waals surface area contributed by atoms with Crippen molar-refractivity contribution in [2.24, 2.45) is 11.7 Å². The third-order valence-corrected chi connectivity index (χ3v) is 3.61. The number of carbonyl (C=O) groups excluding carboxylic acids is 1. The first-order valence-corrected chi connectivity index (χ1v) is 7.16. The van der Waals surface area contributed by atoms with E-state index in [-0.39, 0.29) is 30.7 Å². The molecule has 0 unspecified atom stereocenters. The number of rotatable bonds is 5. The largest absolute Gasteiger partial charge is 0.381 e. The maximum absolute atomic E-state index is 12.2. The van der Waals surface area contributed by atoms with Gasteiger partial charge in [0.15, 0.2) is 0 Å². The lowest BCUT2D eigenvalue weighted by molar-refractivity contribution is -0.129. The van der Waals surface area contributed by atoms with Crippen LogP contribution >= 0.6 is 24.8 Å². The molecule has 6 nitrogen and oxygen atoms in total. The van der Waals surface area contributed by atoms with E-state index in [9.17, 15) is 4.79 Å². The fourth-order valence-electron chi connectivity index (χ4n) is 2.36. The average Bonchev–Trinajstić information content (AvgIpc) is 2.83. The van der Waals surface area contributed by atoms with Crippen LogP contribution in [0.4, 0.5) is 0 Å². The van der Waals surface area contributed by atoms with Gasteiger partial charge in [-0.2, -0.15) is 0 Å². The van der Waals surface area contributed by atoms with Crippen LogP contribution in [-0.2, 0) is 22.6 Å². The van der Waals surface area contributed by atoms with Crippen LogP contribution in [0.15, 0.2) is 12.4 Å². The first kappa shape index (κ1) is 21.2. The number of imidazole rings is 1. The third kappa shape index (κ3) is 5.43. The van der Waals surface area contributed by atoms with Gasteiger partial charge in [-0.05, 0) is 18.8 Å². The summed E-state index contributed by atoms with van der Waals surface area (Å²) < 4.78 is 7.32. The summed E-state index contributed by atoms with van der Waals surface area (Å²) in [5, 5.41) is 2.91. The van der Waals surface area contributed by atoms with Crippen molar-refractivity contribution in [2.75, 3.05) is 13.2 Å². The Morgan fingerprint density at radius 2 is 2.09 bits per heavy atom. The number of carbonyl (C=O) groups is 1. The Kier molecular flexibility index (Phi) is 9.00. The number of nitrogens with two attached hydrogens (primary N) is 1. The average molecular weight is 353 g/mol. The van der Waals surface area contributed by atoms with E-state index in [1.165, 1.54) is 0 Å². The van der Waals surface area contributed by atoms with E-state index in [1.807, 2.05) is 6.20 Å². The highest BCUT2D eigenvalue weighted by Crippen LogP contribution is 2.17. The predicted molar refractivity (Wildman–Crippen MR) is 90.4 cm³/mol. The fraction of sp³-hybridized carbons (Fsp3) is 0.714. The van der Waals surface area contributed by atoms with Gasteiger partial charge in [-0.1, -0.05) is 13.8 Å². The van der Waals surface area contributed by atoms with E-state index < -0.39 is 5.54 Å². The molecule has 1 saturated heterocycles. The Bertz CT molecular complexity index is 459. The molecule has 1 fully saturated rings. The molecule has 128 valence electrons. The van der Waals surface area contributed by atoms with Gasteiger partial charge in [-0.25, -0.2) is 4.98 Å². The molecule has 1 amide bonds. The summed E-state index contributed by atoms with van der Waals surface area (Å²) in [5.41, 5.74) is 5.34. The summed E-state index contributed by atoms with van der Waals surface area (Å²) in [6.07, 6.45) is 4.84. The standard InChI is InChI=1S/C14H24N4O2.2ClH/c1-11(2)10-18-6-5-16-12(18)9-17-13(19)14(15)3-7-20-8-4-14;;/h5-6,11H,3-4,7-10,15H2,1-2H3,(H,17,19);2*1H. The van der Waals surface area contributed by atoms with E-state index in [4.69, 9.17) is 10.5 Å². The first-order valence-electron chi connectivity index (χ1n) is 7.16. The molecule has 8 heteroatoms. The van der Waals surface area contributed by atoms with Gasteiger partial charge in [-0.15, -0.1) is 24.8 Å². The Labute approximate surface area is 144 Å². The summed E-state index contributed by atoms with van der Waals surface area (Å²) >= 11 is 0. The van der Waals surface area contributed by atoms with Crippen LogP contribution in [0.2, 0.25) is 0 Å². The Morgan fingerprint density at radius 3 is 2.68 bits per heavy atom. The lowest BCUT2D eigenvalue weighted by Gasteiger charge is -2.31. The molecule has 0 spiro atoms. The zero-order chi connectivity index (χ0) is 14.6. The monoisotopic (exact) mass is 352 g/mol. The SMILES string of the molecule is CC(C)Cn1ccnc1CNC(=O)C1(N)CCOCC1.Cl.Cl. The van der Waals surface area contributed by atoms with Crippen LogP contribution in [0.3, 0.4) is 0 Å². The van der Waals surface area contributed by atoms with Gasteiger partial charge in [0, 0.05) is 32.2 Å². The molecule has 1 aromatic rings. The number of amides is 1. The highest BCUT2D eigenvalue weighted by Gasteiger charge is 2.35. The van der Waals surface area contributed by atoms with Gasteiger partial charge in [0.25, 0.3) is 0 Å². The lowest BCUT2D eigenvalue weighted by Crippen LogP contribution is -2.56. The molecule has 0 aliphatic carbocycles. The second-order valence-corrected chi connectivity index (χ2v) is 5.84. The van der Waals surface area contributed by atoms with E-state index in [0.29, 0.717) is 38.5 Å². The van der Waals surface area contributed by atoms with Gasteiger partial charge in [0.05, 0.1) is 12.1 Å². The predicted octanol–water partition coefficient (Wildman–Crippen LogP) is 1.51. The van der Waals surface area contributed by atoms with E-state index in [2.05, 4.69) is 28.7 Å². The van der Waals surface area contributed by atoms with Crippen molar-refractivity contribution < 1.29 is 9.53 Å². The molecule has 0 bridgehead atoms. The second-order valence-electron chi connectivity index (χ2n) is 5.84. The Hall–Kier alpha value is -0.820. The molecule has 1 aliphatic heterocycles. The molecule has 22 heavy (non-hydrogen) atoms. The van der Waals surface area contributed by atoms with Crippen molar-refractivity contribution in [3.63, 3.8) is 0 Å². The lowest BCUT2D eigenvalue weighted by atomic mass is 9.90. The highest BCUT2D eigenvalue weighted by molar-refractivity contribution is 5.86. The van der Waals surface area contributed by atoms with Crippen molar-refractivity contribution in [3.05, 3.63) is 18.2 Å². The van der Waals surface area contributed by atoms with Crippen molar-refractivity contribution in [2.45, 2.75) is 45.3 Å². The highest BCUT2D eigenvalue weighted by atomic mass is 35.5. The molecule has 0 radical (unpaired) electrons. The molecular weight excluding hydrogens is 327 g/mol. The van der Waals surface area contributed by atoms with Crippen LogP contribution in [-0.4, -0.2) is 34.2 Å². The summed E-state index contributed by atoms with van der Waals surface area (Å²) in [7, 11) is 0. The minimum atomic E-state index is -0.798. The van der Waals surface area contributed by atoms with Crippen molar-refractivity contribution in [3.8, 4) is 0 Å². The van der Waals surface area contributed by atoms with E-state index in [1.54, 1.807) is 6.20 Å². The van der Waals surface area contributed by atoms with Crippen LogP contribution in [0.1, 0.15) is 32.5 Å². The number of hydrogen-bond acceptors (Lipinski definition) is 4. The maximum atomic E-state index is 12.2. The minimum absolute atomic E-state index is 0. The molecule has 1 aromatic heterocycles. The molecule has 0 atom stereocenters. The topological polar surface area (TPSA) is 82.2 Å². The van der Waals surface area contributed by atoms with Gasteiger partial charge in [0.2, 0.25) is 5.91 Å². The van der Waals surface area contributed by atoms with Crippen LogP contribution < -0.4 is 11.1 Å². The number of nitrogens with zero attached hydrogens (tertiary/aromatic N) is 2. The molecular formula is C14H26Cl2N4O2. The zero-order valence-electron chi connectivity index (χ0n) is 13.1. The summed E-state index contributed by atoms with van der Waals surface area (Å²) in [5.74, 6) is 1.29. The number of halogens is 2. The minimum Gasteiger partial charge on any atom is -0.381 e. The van der Waals surface area contributed by atoms with Crippen molar-refractivity contribution >= 4 is 30.7 Å². The number of aromatic nitrogens is 2. The molecule has 0 saturated carbocycles. The number of nitrogens with one attached hydrogen (secondary N) is 1. The smallest absolute Gasteiger partial charge is 0.240 e. The molecule has 3 N–H and O–H groups in total. The Balaban J connectivity index is 0.00000220. The molecule has 0 aromatic carbocycles. The first-order chi connectivity index (χ1) is 9.51. The zero-order valence-corrected chi connectivity index (χ0v) is 14.7. The van der Waals surface area contributed by atoms with Gasteiger partial charge < -0.3 is 20.4 Å². The number of ether oxygens (including phenoxy) is 1. The second kappa shape index (κ2) is 9.35. The normalized spacial score (nSPS) is 16.5. The van der Waals surface area contributed by atoms with Crippen LogP contribution in [0.25, 0.3) is 0 Å². The van der Waals surface area contributed by atoms with E-state index >= 15 is 0 Å². The summed E-state index contributed by atoms with van der Waals surface area (Å²) in [6, 6.07) is 0. The maximum Gasteiger partial charge on any atom is 0.240 e. The van der Waals surface area contributed by atoms with Gasteiger partial charge in [0.1, 0.15) is 5.82 Å². The van der Waals surface area contributed by atoms with Gasteiger partial charge >= 0.3 is 0 Å². The quantitative estimate of drug-likeness (QED) is 0.841. The third-order valence-electron chi connectivity index (χ3n) is 3.61. The molecule has 2 rings (SSSR count). The summed E-state index contributed by atoms with van der Waals surface area (Å²) in [4.78, 5) is 16.5. The number of hydrogen-bond donors (Lipinski definition) is 2. The Morgan fingerprint density at radius 1 is 1.45 bits per heavy atom.